The van der Waals surface area contributed by atoms with Gasteiger partial charge in [-0.15, -0.1) is 0 Å². The minimum Gasteiger partial charge on any atom is -0.489 e. The summed E-state index contributed by atoms with van der Waals surface area (Å²) in [6, 6.07) is 27.0. The van der Waals surface area contributed by atoms with Gasteiger partial charge in [0.1, 0.15) is 18.9 Å². The maximum absolute atomic E-state index is 12.4. The molecule has 0 heterocycles. The first kappa shape index (κ1) is 25.9. The molecule has 0 fully saturated rings. The number of hydrogen-bond acceptors (Lipinski definition) is 5. The highest BCUT2D eigenvalue weighted by Crippen LogP contribution is 2.21. The zero-order chi connectivity index (χ0) is 26.4. The zero-order valence-corrected chi connectivity index (χ0v) is 21.8. The normalized spacial score (nSPS) is 11.5. The molecule has 0 aliphatic carbocycles. The lowest BCUT2D eigenvalue weighted by Crippen LogP contribution is -2.39. The Morgan fingerprint density at radius 1 is 0.919 bits per heavy atom. The number of ether oxygens (including phenoxy) is 1. The molecule has 37 heavy (non-hydrogen) atoms. The molecule has 1 N–H and O–H groups in total. The number of nitrogens with zero attached hydrogens (tertiary/aromatic N) is 2. The number of hydrogen-bond donors (Lipinski definition) is 1. The van der Waals surface area contributed by atoms with Gasteiger partial charge in [-0.1, -0.05) is 42.5 Å². The number of fused-ring (bicyclic) bond motifs is 1. The van der Waals surface area contributed by atoms with Crippen LogP contribution in [0.1, 0.15) is 22.3 Å². The summed E-state index contributed by atoms with van der Waals surface area (Å²) in [5.41, 5.74) is 6.65. The van der Waals surface area contributed by atoms with Gasteiger partial charge in [0, 0.05) is 0 Å². The fraction of sp³-hybridized carbons (Fsp3) is 0.172. The van der Waals surface area contributed by atoms with E-state index in [0.717, 1.165) is 32.8 Å². The van der Waals surface area contributed by atoms with Crippen LogP contribution in [0, 0.1) is 13.8 Å². The van der Waals surface area contributed by atoms with Crippen molar-refractivity contribution in [2.45, 2.75) is 20.5 Å². The molecule has 0 saturated heterocycles. The molecule has 0 bridgehead atoms. The summed E-state index contributed by atoms with van der Waals surface area (Å²) in [7, 11) is -3.65. The van der Waals surface area contributed by atoms with Gasteiger partial charge in [-0.05, 0) is 89.3 Å². The van der Waals surface area contributed by atoms with E-state index in [1.807, 2.05) is 56.3 Å². The number of rotatable bonds is 9. The first-order valence-corrected chi connectivity index (χ1v) is 13.6. The van der Waals surface area contributed by atoms with Crippen LogP contribution in [0.25, 0.3) is 10.8 Å². The SMILES string of the molecule is Cc1ccc(N(CC(=O)N/N=C\c2ccc(OCc3ccc4ccccc4c3)cc2)S(C)(=O)=O)cc1C. The third kappa shape index (κ3) is 6.95. The molecule has 190 valence electrons. The summed E-state index contributed by atoms with van der Waals surface area (Å²) in [5.74, 6) is 0.168. The fourth-order valence-corrected chi connectivity index (χ4v) is 4.62. The lowest BCUT2D eigenvalue weighted by molar-refractivity contribution is -0.119. The van der Waals surface area contributed by atoms with Gasteiger partial charge < -0.3 is 4.74 Å². The predicted octanol–water partition coefficient (Wildman–Crippen LogP) is 4.95. The molecule has 4 rings (SSSR count). The van der Waals surface area contributed by atoms with Crippen LogP contribution >= 0.6 is 0 Å². The molecule has 0 aliphatic heterocycles. The molecule has 0 atom stereocenters. The number of carbonyl (C=O) groups excluding carboxylic acids is 1. The van der Waals surface area contributed by atoms with E-state index in [9.17, 15) is 13.2 Å². The largest absolute Gasteiger partial charge is 0.489 e. The van der Waals surface area contributed by atoms with Crippen molar-refractivity contribution in [3.8, 4) is 5.75 Å². The lowest BCUT2D eigenvalue weighted by atomic mass is 10.1. The Balaban J connectivity index is 1.32. The number of sulfonamides is 1. The zero-order valence-electron chi connectivity index (χ0n) is 21.0. The highest BCUT2D eigenvalue weighted by Gasteiger charge is 2.21. The van der Waals surface area contributed by atoms with Gasteiger partial charge in [0.2, 0.25) is 10.0 Å². The topological polar surface area (TPSA) is 88.1 Å². The summed E-state index contributed by atoms with van der Waals surface area (Å²) < 4.78 is 31.5. The second-order valence-corrected chi connectivity index (χ2v) is 10.8. The lowest BCUT2D eigenvalue weighted by Gasteiger charge is -2.22. The second-order valence-electron chi connectivity index (χ2n) is 8.87. The van der Waals surface area contributed by atoms with Crippen LogP contribution in [0.3, 0.4) is 0 Å². The van der Waals surface area contributed by atoms with Crippen LogP contribution in [-0.2, 0) is 21.4 Å². The van der Waals surface area contributed by atoms with Gasteiger partial charge in [0.05, 0.1) is 18.2 Å². The van der Waals surface area contributed by atoms with Crippen molar-refractivity contribution in [1.82, 2.24) is 5.43 Å². The van der Waals surface area contributed by atoms with Crippen molar-refractivity contribution in [2.75, 3.05) is 17.1 Å². The number of benzene rings is 4. The Morgan fingerprint density at radius 3 is 2.35 bits per heavy atom. The van der Waals surface area contributed by atoms with Gasteiger partial charge in [0.15, 0.2) is 0 Å². The molecule has 4 aromatic rings. The van der Waals surface area contributed by atoms with Gasteiger partial charge in [-0.3, -0.25) is 9.10 Å². The first-order valence-electron chi connectivity index (χ1n) is 11.8. The van der Waals surface area contributed by atoms with E-state index in [1.165, 1.54) is 17.0 Å². The van der Waals surface area contributed by atoms with E-state index in [0.29, 0.717) is 18.0 Å². The summed E-state index contributed by atoms with van der Waals surface area (Å²) in [6.07, 6.45) is 2.56. The monoisotopic (exact) mass is 515 g/mol. The first-order chi connectivity index (χ1) is 17.7. The third-order valence-electron chi connectivity index (χ3n) is 5.97. The molecule has 4 aromatic carbocycles. The van der Waals surface area contributed by atoms with Crippen LogP contribution in [0.4, 0.5) is 5.69 Å². The van der Waals surface area contributed by atoms with E-state index in [-0.39, 0.29) is 6.54 Å². The van der Waals surface area contributed by atoms with E-state index in [4.69, 9.17) is 4.74 Å². The standard InChI is InChI=1S/C29H29N3O4S/c1-21-8-13-27(16-22(21)2)32(37(3,34)35)19-29(33)31-30-18-23-10-14-28(15-11-23)36-20-24-9-12-25-6-4-5-7-26(25)17-24/h4-18H,19-20H2,1-3H3,(H,31,33)/b30-18-. The second kappa shape index (κ2) is 11.3. The summed E-state index contributed by atoms with van der Waals surface area (Å²) in [4.78, 5) is 12.4. The number of nitrogens with one attached hydrogen (secondary N) is 1. The molecule has 0 radical (unpaired) electrons. The minimum absolute atomic E-state index is 0.375. The fourth-order valence-electron chi connectivity index (χ4n) is 3.77. The quantitative estimate of drug-likeness (QED) is 0.252. The van der Waals surface area contributed by atoms with Crippen molar-refractivity contribution in [2.24, 2.45) is 5.10 Å². The Morgan fingerprint density at radius 2 is 1.65 bits per heavy atom. The van der Waals surface area contributed by atoms with Gasteiger partial charge in [-0.25, -0.2) is 13.8 Å². The average Bonchev–Trinajstić information content (AvgIpc) is 2.88. The van der Waals surface area contributed by atoms with E-state index in [1.54, 1.807) is 12.1 Å². The molecular weight excluding hydrogens is 486 g/mol. The smallest absolute Gasteiger partial charge is 0.260 e. The van der Waals surface area contributed by atoms with Crippen LogP contribution in [0.5, 0.6) is 5.75 Å². The number of carbonyl (C=O) groups is 1. The molecule has 0 aliphatic rings. The molecule has 1 amide bonds. The van der Waals surface area contributed by atoms with Crippen molar-refractivity contribution in [3.05, 3.63) is 107 Å². The van der Waals surface area contributed by atoms with Crippen molar-refractivity contribution < 1.29 is 17.9 Å². The molecule has 0 spiro atoms. The molecule has 0 aromatic heterocycles. The highest BCUT2D eigenvalue weighted by atomic mass is 32.2. The van der Waals surface area contributed by atoms with Crippen molar-refractivity contribution in [3.63, 3.8) is 0 Å². The van der Waals surface area contributed by atoms with Crippen LogP contribution in [-0.4, -0.2) is 33.3 Å². The number of amides is 1. The Bertz CT molecular complexity index is 1550. The minimum atomic E-state index is -3.65. The van der Waals surface area contributed by atoms with E-state index >= 15 is 0 Å². The Kier molecular flexibility index (Phi) is 7.89. The van der Waals surface area contributed by atoms with Gasteiger partial charge in [0.25, 0.3) is 5.91 Å². The van der Waals surface area contributed by atoms with E-state index in [2.05, 4.69) is 40.9 Å². The number of anilines is 1. The van der Waals surface area contributed by atoms with Crippen LogP contribution in [0.15, 0.2) is 90.0 Å². The summed E-state index contributed by atoms with van der Waals surface area (Å²) >= 11 is 0. The molecule has 0 saturated carbocycles. The average molecular weight is 516 g/mol. The maximum Gasteiger partial charge on any atom is 0.260 e. The molecule has 0 unspecified atom stereocenters. The Hall–Kier alpha value is -4.17. The summed E-state index contributed by atoms with van der Waals surface area (Å²) in [6.45, 7) is 3.91. The van der Waals surface area contributed by atoms with Gasteiger partial charge in [-0.2, -0.15) is 5.10 Å². The Labute approximate surface area is 217 Å². The van der Waals surface area contributed by atoms with Crippen molar-refractivity contribution in [1.29, 1.82) is 0 Å². The van der Waals surface area contributed by atoms with Crippen LogP contribution in [0.2, 0.25) is 0 Å². The van der Waals surface area contributed by atoms with Crippen LogP contribution < -0.4 is 14.5 Å². The number of hydrazone groups is 1. The highest BCUT2D eigenvalue weighted by molar-refractivity contribution is 7.92. The van der Waals surface area contributed by atoms with Gasteiger partial charge >= 0.3 is 0 Å². The third-order valence-corrected chi connectivity index (χ3v) is 7.11. The number of aryl methyl sites for hydroxylation is 2. The predicted molar refractivity (Wildman–Crippen MR) is 149 cm³/mol. The molecular formula is C29H29N3O4S. The van der Waals surface area contributed by atoms with Crippen molar-refractivity contribution >= 4 is 38.6 Å². The molecule has 8 heteroatoms. The summed E-state index contributed by atoms with van der Waals surface area (Å²) in [5, 5.41) is 6.33. The van der Waals surface area contributed by atoms with E-state index < -0.39 is 15.9 Å². The molecule has 7 nitrogen and oxygen atoms in total. The maximum atomic E-state index is 12.4.